The van der Waals surface area contributed by atoms with Crippen LogP contribution < -0.4 is 4.72 Å². The van der Waals surface area contributed by atoms with Crippen LogP contribution in [-0.4, -0.2) is 49.4 Å². The number of piperidine rings is 1. The van der Waals surface area contributed by atoms with Gasteiger partial charge in [-0.05, 0) is 32.6 Å². The first-order chi connectivity index (χ1) is 8.31. The van der Waals surface area contributed by atoms with Crippen LogP contribution in [-0.2, 0) is 14.8 Å². The van der Waals surface area contributed by atoms with Crippen LogP contribution in [0.1, 0.15) is 32.6 Å². The molecule has 0 saturated carbocycles. The second kappa shape index (κ2) is 6.86. The van der Waals surface area contributed by atoms with Crippen molar-refractivity contribution in [1.82, 2.24) is 9.62 Å². The first-order valence-corrected chi connectivity index (χ1v) is 9.01. The summed E-state index contributed by atoms with van der Waals surface area (Å²) in [6.45, 7) is 2.99. The summed E-state index contributed by atoms with van der Waals surface area (Å²) < 4.78 is 24.5. The summed E-state index contributed by atoms with van der Waals surface area (Å²) in [5.41, 5.74) is 0. The highest BCUT2D eigenvalue weighted by atomic mass is 79.9. The number of carbonyl (C=O) groups is 1. The van der Waals surface area contributed by atoms with E-state index in [0.717, 1.165) is 32.1 Å². The Labute approximate surface area is 117 Å². The maximum Gasteiger partial charge on any atom is 0.236 e. The lowest BCUT2D eigenvalue weighted by atomic mass is 9.99. The number of nitrogens with one attached hydrogen (secondary N) is 1. The molecular formula is C11H21BrN2O3S. The van der Waals surface area contributed by atoms with Gasteiger partial charge in [-0.3, -0.25) is 4.79 Å². The molecule has 0 aliphatic carbocycles. The Kier molecular flexibility index (Phi) is 6.07. The molecule has 106 valence electrons. The van der Waals surface area contributed by atoms with Gasteiger partial charge in [0.1, 0.15) is 0 Å². The summed E-state index contributed by atoms with van der Waals surface area (Å²) in [7, 11) is -3.14. The predicted molar refractivity (Wildman–Crippen MR) is 75.2 cm³/mol. The van der Waals surface area contributed by atoms with Crippen molar-refractivity contribution in [3.05, 3.63) is 0 Å². The molecule has 0 radical (unpaired) electrons. The second-order valence-electron chi connectivity index (χ2n) is 4.75. The van der Waals surface area contributed by atoms with E-state index in [1.54, 1.807) is 0 Å². The Balaban J connectivity index is 2.52. The van der Waals surface area contributed by atoms with Crippen molar-refractivity contribution in [3.63, 3.8) is 0 Å². The minimum Gasteiger partial charge on any atom is -0.339 e. The van der Waals surface area contributed by atoms with Crippen LogP contribution in [0.3, 0.4) is 0 Å². The SMILES string of the molecule is CC(Br)C(=O)N1CCCCC1CCNS(C)(=O)=O. The molecule has 1 fully saturated rings. The Morgan fingerprint density at radius 1 is 1.50 bits per heavy atom. The van der Waals surface area contributed by atoms with Gasteiger partial charge in [0.05, 0.1) is 11.1 Å². The molecule has 0 aromatic rings. The van der Waals surface area contributed by atoms with E-state index in [0.29, 0.717) is 13.0 Å². The predicted octanol–water partition coefficient (Wildman–Crippen LogP) is 1.09. The summed E-state index contributed by atoms with van der Waals surface area (Å²) in [6.07, 6.45) is 4.91. The van der Waals surface area contributed by atoms with E-state index in [1.165, 1.54) is 0 Å². The number of nitrogens with zero attached hydrogens (tertiary/aromatic N) is 1. The van der Waals surface area contributed by atoms with Crippen molar-refractivity contribution in [2.75, 3.05) is 19.3 Å². The van der Waals surface area contributed by atoms with E-state index in [-0.39, 0.29) is 16.8 Å². The van der Waals surface area contributed by atoms with Crippen molar-refractivity contribution < 1.29 is 13.2 Å². The fourth-order valence-corrected chi connectivity index (χ4v) is 2.98. The highest BCUT2D eigenvalue weighted by Gasteiger charge is 2.28. The lowest BCUT2D eigenvalue weighted by Gasteiger charge is -2.36. The molecule has 1 N–H and O–H groups in total. The Bertz CT molecular complexity index is 384. The fraction of sp³-hybridized carbons (Fsp3) is 0.909. The van der Waals surface area contributed by atoms with Gasteiger partial charge in [0, 0.05) is 19.1 Å². The van der Waals surface area contributed by atoms with E-state index in [1.807, 2.05) is 11.8 Å². The lowest BCUT2D eigenvalue weighted by molar-refractivity contribution is -0.133. The van der Waals surface area contributed by atoms with Crippen LogP contribution in [0, 0.1) is 0 Å². The van der Waals surface area contributed by atoms with Gasteiger partial charge < -0.3 is 4.90 Å². The van der Waals surface area contributed by atoms with Gasteiger partial charge in [0.2, 0.25) is 15.9 Å². The second-order valence-corrected chi connectivity index (χ2v) is 7.96. The zero-order valence-corrected chi connectivity index (χ0v) is 13.3. The molecule has 0 spiro atoms. The number of hydrogen-bond acceptors (Lipinski definition) is 3. The standard InChI is InChI=1S/C11H21BrN2O3S/c1-9(12)11(15)14-8-4-3-5-10(14)6-7-13-18(2,16)17/h9-10,13H,3-8H2,1-2H3. The number of rotatable bonds is 5. The third-order valence-corrected chi connectivity index (χ3v) is 4.21. The van der Waals surface area contributed by atoms with Crippen molar-refractivity contribution >= 4 is 31.9 Å². The summed E-state index contributed by atoms with van der Waals surface area (Å²) >= 11 is 3.30. The quantitative estimate of drug-likeness (QED) is 0.762. The number of halogens is 1. The normalized spacial score (nSPS) is 22.8. The number of alkyl halides is 1. The molecule has 0 aromatic carbocycles. The van der Waals surface area contributed by atoms with Gasteiger partial charge in [-0.2, -0.15) is 0 Å². The number of sulfonamides is 1. The van der Waals surface area contributed by atoms with Gasteiger partial charge >= 0.3 is 0 Å². The number of hydrogen-bond donors (Lipinski definition) is 1. The van der Waals surface area contributed by atoms with Crippen LogP contribution in [0.25, 0.3) is 0 Å². The summed E-state index contributed by atoms with van der Waals surface area (Å²) in [6, 6.07) is 0.153. The van der Waals surface area contributed by atoms with Gasteiger partial charge in [0.25, 0.3) is 0 Å². The summed E-state index contributed by atoms with van der Waals surface area (Å²) in [5, 5.41) is 0. The Morgan fingerprint density at radius 3 is 2.72 bits per heavy atom. The molecule has 7 heteroatoms. The largest absolute Gasteiger partial charge is 0.339 e. The molecule has 1 amide bonds. The van der Waals surface area contributed by atoms with E-state index >= 15 is 0 Å². The van der Waals surface area contributed by atoms with Crippen molar-refractivity contribution in [2.24, 2.45) is 0 Å². The van der Waals surface area contributed by atoms with Crippen LogP contribution in [0.2, 0.25) is 0 Å². The highest BCUT2D eigenvalue weighted by molar-refractivity contribution is 9.10. The first-order valence-electron chi connectivity index (χ1n) is 6.20. The number of likely N-dealkylation sites (tertiary alicyclic amines) is 1. The Morgan fingerprint density at radius 2 is 2.17 bits per heavy atom. The molecule has 0 aromatic heterocycles. The first kappa shape index (κ1) is 15.9. The molecule has 1 rings (SSSR count). The van der Waals surface area contributed by atoms with Gasteiger partial charge in [-0.1, -0.05) is 15.9 Å². The molecule has 1 saturated heterocycles. The van der Waals surface area contributed by atoms with Crippen LogP contribution in [0.15, 0.2) is 0 Å². The monoisotopic (exact) mass is 340 g/mol. The molecule has 1 aliphatic rings. The van der Waals surface area contributed by atoms with Gasteiger partial charge in [0.15, 0.2) is 0 Å². The van der Waals surface area contributed by atoms with E-state index in [2.05, 4.69) is 20.7 Å². The van der Waals surface area contributed by atoms with Crippen molar-refractivity contribution in [1.29, 1.82) is 0 Å². The molecule has 1 aliphatic heterocycles. The maximum atomic E-state index is 12.0. The zero-order chi connectivity index (χ0) is 13.8. The Hall–Kier alpha value is -0.140. The zero-order valence-electron chi connectivity index (χ0n) is 10.9. The van der Waals surface area contributed by atoms with Gasteiger partial charge in [-0.25, -0.2) is 13.1 Å². The third kappa shape index (κ3) is 5.24. The minimum atomic E-state index is -3.14. The van der Waals surface area contributed by atoms with Crippen molar-refractivity contribution in [3.8, 4) is 0 Å². The van der Waals surface area contributed by atoms with Crippen LogP contribution in [0.4, 0.5) is 0 Å². The highest BCUT2D eigenvalue weighted by Crippen LogP contribution is 2.21. The average molecular weight is 341 g/mol. The number of amides is 1. The molecule has 0 bridgehead atoms. The molecule has 2 unspecified atom stereocenters. The molecular weight excluding hydrogens is 320 g/mol. The molecule has 2 atom stereocenters. The van der Waals surface area contributed by atoms with Crippen LogP contribution in [0.5, 0.6) is 0 Å². The summed E-state index contributed by atoms with van der Waals surface area (Å²) in [4.78, 5) is 13.7. The smallest absolute Gasteiger partial charge is 0.236 e. The van der Waals surface area contributed by atoms with E-state index in [9.17, 15) is 13.2 Å². The van der Waals surface area contributed by atoms with E-state index < -0.39 is 10.0 Å². The van der Waals surface area contributed by atoms with Gasteiger partial charge in [-0.15, -0.1) is 0 Å². The van der Waals surface area contributed by atoms with Crippen LogP contribution >= 0.6 is 15.9 Å². The molecule has 5 nitrogen and oxygen atoms in total. The number of carbonyl (C=O) groups excluding carboxylic acids is 1. The van der Waals surface area contributed by atoms with E-state index in [4.69, 9.17) is 0 Å². The average Bonchev–Trinajstić information content (AvgIpc) is 2.27. The topological polar surface area (TPSA) is 66.5 Å². The third-order valence-electron chi connectivity index (χ3n) is 3.09. The molecule has 1 heterocycles. The molecule has 18 heavy (non-hydrogen) atoms. The maximum absolute atomic E-state index is 12.0. The van der Waals surface area contributed by atoms with Crippen molar-refractivity contribution in [2.45, 2.75) is 43.5 Å². The minimum absolute atomic E-state index is 0.0963. The lowest BCUT2D eigenvalue weighted by Crippen LogP contribution is -2.47. The summed E-state index contributed by atoms with van der Waals surface area (Å²) in [5.74, 6) is 0.0963. The fourth-order valence-electron chi connectivity index (χ4n) is 2.23.